The monoisotopic (exact) mass is 314 g/mol. The van der Waals surface area contributed by atoms with Gasteiger partial charge in [-0.15, -0.1) is 0 Å². The second-order valence-electron chi connectivity index (χ2n) is 5.85. The summed E-state index contributed by atoms with van der Waals surface area (Å²) in [6, 6.07) is 0.276. The number of aromatic nitrogens is 3. The van der Waals surface area contributed by atoms with Gasteiger partial charge in [-0.1, -0.05) is 6.92 Å². The number of hydrogen-bond acceptors (Lipinski definition) is 5. The summed E-state index contributed by atoms with van der Waals surface area (Å²) in [7, 11) is -2.80. The van der Waals surface area contributed by atoms with Crippen molar-refractivity contribution in [2.45, 2.75) is 52.1 Å². The van der Waals surface area contributed by atoms with Gasteiger partial charge in [0.2, 0.25) is 0 Å². The van der Waals surface area contributed by atoms with Crippen LogP contribution >= 0.6 is 0 Å². The third kappa shape index (κ3) is 4.78. The highest BCUT2D eigenvalue weighted by molar-refractivity contribution is 7.91. The highest BCUT2D eigenvalue weighted by Gasteiger charge is 2.30. The predicted molar refractivity (Wildman–Crippen MR) is 82.9 cm³/mol. The van der Waals surface area contributed by atoms with Crippen LogP contribution in [0.3, 0.4) is 0 Å². The molecule has 1 N–H and O–H groups in total. The highest BCUT2D eigenvalue weighted by atomic mass is 32.2. The maximum Gasteiger partial charge on any atom is 0.150 e. The Labute approximate surface area is 127 Å². The number of sulfone groups is 1. The Hall–Kier alpha value is -0.950. The molecule has 0 bridgehead atoms. The van der Waals surface area contributed by atoms with E-state index in [1.54, 1.807) is 6.33 Å². The molecule has 1 aliphatic heterocycles. The zero-order chi connectivity index (χ0) is 15.3. The van der Waals surface area contributed by atoms with Crippen LogP contribution in [0.1, 0.15) is 38.9 Å². The summed E-state index contributed by atoms with van der Waals surface area (Å²) in [5, 5.41) is 7.74. The summed E-state index contributed by atoms with van der Waals surface area (Å²) in [6.07, 6.45) is 5.17. The van der Waals surface area contributed by atoms with Crippen molar-refractivity contribution >= 4 is 9.84 Å². The minimum atomic E-state index is -2.80. The first kappa shape index (κ1) is 16.4. The van der Waals surface area contributed by atoms with Crippen molar-refractivity contribution in [3.8, 4) is 0 Å². The van der Waals surface area contributed by atoms with Crippen LogP contribution in [0, 0.1) is 5.92 Å². The zero-order valence-electron chi connectivity index (χ0n) is 13.0. The number of aryl methyl sites for hydroxylation is 1. The zero-order valence-corrected chi connectivity index (χ0v) is 13.8. The third-order valence-electron chi connectivity index (χ3n) is 4.05. The van der Waals surface area contributed by atoms with Gasteiger partial charge in [0.15, 0.2) is 9.84 Å². The quantitative estimate of drug-likeness (QED) is 0.775. The van der Waals surface area contributed by atoms with Gasteiger partial charge in [-0.3, -0.25) is 4.68 Å². The standard InChI is InChI=1S/C14H26N4O2S/c1-3-6-15-13(8-12-5-7-21(19,20)10-12)9-14-16-11-17-18(14)4-2/h11-13,15H,3-10H2,1-2H3. The lowest BCUT2D eigenvalue weighted by molar-refractivity contribution is 0.392. The van der Waals surface area contributed by atoms with E-state index in [4.69, 9.17) is 0 Å². The molecule has 0 amide bonds. The largest absolute Gasteiger partial charge is 0.314 e. The van der Waals surface area contributed by atoms with E-state index in [0.29, 0.717) is 11.5 Å². The van der Waals surface area contributed by atoms with E-state index in [1.165, 1.54) is 0 Å². The molecule has 0 aromatic carbocycles. The minimum Gasteiger partial charge on any atom is -0.314 e. The van der Waals surface area contributed by atoms with Crippen LogP contribution < -0.4 is 5.32 Å². The molecule has 2 unspecified atom stereocenters. The van der Waals surface area contributed by atoms with E-state index in [1.807, 2.05) is 4.68 Å². The van der Waals surface area contributed by atoms with Crippen LogP contribution in [0.25, 0.3) is 0 Å². The lowest BCUT2D eigenvalue weighted by atomic mass is 9.97. The Bertz CT molecular complexity index is 541. The van der Waals surface area contributed by atoms with Crippen LogP contribution in [0.4, 0.5) is 0 Å². The minimum absolute atomic E-state index is 0.276. The Morgan fingerprint density at radius 3 is 2.90 bits per heavy atom. The van der Waals surface area contributed by atoms with Crippen LogP contribution in [-0.2, 0) is 22.8 Å². The van der Waals surface area contributed by atoms with Gasteiger partial charge in [0.05, 0.1) is 11.5 Å². The summed E-state index contributed by atoms with van der Waals surface area (Å²) < 4.78 is 25.1. The van der Waals surface area contributed by atoms with E-state index >= 15 is 0 Å². The van der Waals surface area contributed by atoms with E-state index in [9.17, 15) is 8.42 Å². The second-order valence-corrected chi connectivity index (χ2v) is 8.08. The Morgan fingerprint density at radius 1 is 1.48 bits per heavy atom. The molecule has 6 nitrogen and oxygen atoms in total. The molecule has 120 valence electrons. The van der Waals surface area contributed by atoms with E-state index in [-0.39, 0.29) is 12.0 Å². The lowest BCUT2D eigenvalue weighted by Crippen LogP contribution is -2.35. The Balaban J connectivity index is 1.97. The van der Waals surface area contributed by atoms with Crippen LogP contribution in [0.15, 0.2) is 6.33 Å². The summed E-state index contributed by atoms with van der Waals surface area (Å²) in [6.45, 7) is 5.95. The average molecular weight is 314 g/mol. The van der Waals surface area contributed by atoms with Crippen LogP contribution in [0.2, 0.25) is 0 Å². The van der Waals surface area contributed by atoms with Gasteiger partial charge >= 0.3 is 0 Å². The van der Waals surface area contributed by atoms with Crippen molar-refractivity contribution in [1.29, 1.82) is 0 Å². The fraction of sp³-hybridized carbons (Fsp3) is 0.857. The number of nitrogens with zero attached hydrogens (tertiary/aromatic N) is 3. The van der Waals surface area contributed by atoms with Gasteiger partial charge in [-0.2, -0.15) is 5.10 Å². The fourth-order valence-corrected chi connectivity index (χ4v) is 4.86. The molecule has 0 aliphatic carbocycles. The van der Waals surface area contributed by atoms with Gasteiger partial charge in [-0.25, -0.2) is 13.4 Å². The summed E-state index contributed by atoms with van der Waals surface area (Å²) in [4.78, 5) is 4.33. The first-order valence-electron chi connectivity index (χ1n) is 7.84. The first-order chi connectivity index (χ1) is 10.0. The van der Waals surface area contributed by atoms with Crippen LogP contribution in [0.5, 0.6) is 0 Å². The Morgan fingerprint density at radius 2 is 2.29 bits per heavy atom. The van der Waals surface area contributed by atoms with Crippen molar-refractivity contribution in [1.82, 2.24) is 20.1 Å². The molecule has 0 spiro atoms. The molecule has 0 radical (unpaired) electrons. The number of nitrogens with one attached hydrogen (secondary N) is 1. The molecule has 1 aromatic heterocycles. The average Bonchev–Trinajstić information content (AvgIpc) is 3.02. The molecule has 21 heavy (non-hydrogen) atoms. The molecule has 1 aliphatic rings. The lowest BCUT2D eigenvalue weighted by Gasteiger charge is -2.21. The van der Waals surface area contributed by atoms with Crippen molar-refractivity contribution < 1.29 is 8.42 Å². The van der Waals surface area contributed by atoms with Crippen molar-refractivity contribution in [3.63, 3.8) is 0 Å². The molecule has 2 rings (SSSR count). The molecule has 0 saturated carbocycles. The van der Waals surface area contributed by atoms with E-state index in [2.05, 4.69) is 29.2 Å². The molecule has 1 saturated heterocycles. The highest BCUT2D eigenvalue weighted by Crippen LogP contribution is 2.24. The summed E-state index contributed by atoms with van der Waals surface area (Å²) >= 11 is 0. The smallest absolute Gasteiger partial charge is 0.150 e. The third-order valence-corrected chi connectivity index (χ3v) is 5.89. The molecular weight excluding hydrogens is 288 g/mol. The molecule has 7 heteroatoms. The molecule has 2 atom stereocenters. The van der Waals surface area contributed by atoms with Gasteiger partial charge in [0.25, 0.3) is 0 Å². The second kappa shape index (κ2) is 7.35. The van der Waals surface area contributed by atoms with E-state index < -0.39 is 9.84 Å². The summed E-state index contributed by atoms with van der Waals surface area (Å²) in [5.74, 6) is 1.95. The predicted octanol–water partition coefficient (Wildman–Crippen LogP) is 1.03. The molecular formula is C14H26N4O2S. The van der Waals surface area contributed by atoms with Gasteiger partial charge < -0.3 is 5.32 Å². The fourth-order valence-electron chi connectivity index (χ4n) is 2.98. The van der Waals surface area contributed by atoms with Crippen LogP contribution in [-0.4, -0.2) is 47.3 Å². The van der Waals surface area contributed by atoms with E-state index in [0.717, 1.165) is 44.6 Å². The van der Waals surface area contributed by atoms with Gasteiger partial charge in [0, 0.05) is 19.0 Å². The normalized spacial score (nSPS) is 22.5. The topological polar surface area (TPSA) is 76.9 Å². The first-order valence-corrected chi connectivity index (χ1v) is 9.66. The summed E-state index contributed by atoms with van der Waals surface area (Å²) in [5.41, 5.74) is 0. The number of rotatable bonds is 8. The van der Waals surface area contributed by atoms with Crippen molar-refractivity contribution in [3.05, 3.63) is 12.2 Å². The molecule has 1 aromatic rings. The maximum atomic E-state index is 11.6. The Kier molecular flexibility index (Phi) is 5.75. The van der Waals surface area contributed by atoms with Crippen molar-refractivity contribution in [2.24, 2.45) is 5.92 Å². The molecule has 2 heterocycles. The van der Waals surface area contributed by atoms with Gasteiger partial charge in [0.1, 0.15) is 12.2 Å². The maximum absolute atomic E-state index is 11.6. The number of hydrogen-bond donors (Lipinski definition) is 1. The SMILES string of the molecule is CCCNC(Cc1ncnn1CC)CC1CCS(=O)(=O)C1. The van der Waals surface area contributed by atoms with Crippen molar-refractivity contribution in [2.75, 3.05) is 18.1 Å². The van der Waals surface area contributed by atoms with Gasteiger partial charge in [-0.05, 0) is 38.6 Å². The molecule has 1 fully saturated rings.